The molecule has 0 fully saturated rings. The molecule has 2 N–H and O–H groups in total. The summed E-state index contributed by atoms with van der Waals surface area (Å²) in [4.78, 5) is 17.1. The van der Waals surface area contributed by atoms with E-state index < -0.39 is 0 Å². The predicted molar refractivity (Wildman–Crippen MR) is 131 cm³/mol. The Balaban J connectivity index is 1.43. The van der Waals surface area contributed by atoms with Gasteiger partial charge >= 0.3 is 0 Å². The Kier molecular flexibility index (Phi) is 6.85. The molecule has 0 saturated carbocycles. The number of thiazole rings is 1. The first-order valence-corrected chi connectivity index (χ1v) is 11.5. The summed E-state index contributed by atoms with van der Waals surface area (Å²) >= 11 is 6.73. The van der Waals surface area contributed by atoms with Gasteiger partial charge in [0, 0.05) is 29.5 Å². The number of methoxy groups -OCH3 is 2. The summed E-state index contributed by atoms with van der Waals surface area (Å²) in [6.45, 7) is 2.42. The third-order valence-electron chi connectivity index (χ3n) is 5.03. The Morgan fingerprint density at radius 2 is 1.97 bits per heavy atom. The van der Waals surface area contributed by atoms with E-state index in [1.165, 1.54) is 11.3 Å². The molecule has 4 aromatic rings. The molecule has 0 saturated heterocycles. The van der Waals surface area contributed by atoms with E-state index in [0.29, 0.717) is 33.8 Å². The van der Waals surface area contributed by atoms with Gasteiger partial charge in [0.1, 0.15) is 0 Å². The number of H-pyrrole nitrogens is 1. The van der Waals surface area contributed by atoms with Crippen LogP contribution in [0.4, 0.5) is 5.13 Å². The number of ether oxygens (including phenoxy) is 2. The Bertz CT molecular complexity index is 1340. The number of hydrogen-bond donors (Lipinski definition) is 2. The summed E-state index contributed by atoms with van der Waals surface area (Å²) in [6, 6.07) is 13.6. The summed E-state index contributed by atoms with van der Waals surface area (Å²) < 4.78 is 12.9. The molecule has 33 heavy (non-hydrogen) atoms. The third kappa shape index (κ3) is 5.12. The van der Waals surface area contributed by atoms with Crippen LogP contribution in [0.3, 0.4) is 0 Å². The van der Waals surface area contributed by atoms with Crippen LogP contribution < -0.4 is 14.8 Å². The molecule has 4 rings (SSSR count). The first-order chi connectivity index (χ1) is 16.0. The van der Waals surface area contributed by atoms with E-state index in [4.69, 9.17) is 21.7 Å². The summed E-state index contributed by atoms with van der Waals surface area (Å²) in [7, 11) is 3.18. The topological polar surface area (TPSA) is 94.1 Å². The van der Waals surface area contributed by atoms with E-state index in [0.717, 1.165) is 22.4 Å². The number of hydrogen-bond acceptors (Lipinski definition) is 7. The number of rotatable bonds is 8. The average molecular weight is 482 g/mol. The number of carbonyl (C=O) groups is 1. The van der Waals surface area contributed by atoms with Crippen LogP contribution >= 0.6 is 23.6 Å². The van der Waals surface area contributed by atoms with Gasteiger partial charge in [-0.25, -0.2) is 4.98 Å². The fraction of sp³-hybridized carbons (Fsp3) is 0.217. The number of aryl methyl sites for hydroxylation is 1. The molecule has 2 aromatic carbocycles. The van der Waals surface area contributed by atoms with Crippen molar-refractivity contribution in [2.75, 3.05) is 19.5 Å². The second-order valence-corrected chi connectivity index (χ2v) is 8.52. The molecule has 8 nitrogen and oxygen atoms in total. The number of carbonyl (C=O) groups excluding carboxylic acids is 1. The molecule has 0 aliphatic heterocycles. The van der Waals surface area contributed by atoms with E-state index >= 15 is 0 Å². The fourth-order valence-corrected chi connectivity index (χ4v) is 4.34. The number of nitrogens with one attached hydrogen (secondary N) is 2. The molecule has 0 unspecified atom stereocenters. The molecular formula is C23H23N5O3S2. The molecule has 1 amide bonds. The molecule has 2 heterocycles. The molecule has 0 aliphatic rings. The first kappa shape index (κ1) is 22.7. The molecule has 0 radical (unpaired) electrons. The van der Waals surface area contributed by atoms with E-state index in [2.05, 4.69) is 20.5 Å². The number of aromatic nitrogens is 4. The van der Waals surface area contributed by atoms with E-state index in [-0.39, 0.29) is 12.3 Å². The van der Waals surface area contributed by atoms with Gasteiger partial charge in [-0.1, -0.05) is 23.8 Å². The third-order valence-corrected chi connectivity index (χ3v) is 6.10. The van der Waals surface area contributed by atoms with E-state index in [9.17, 15) is 4.79 Å². The molecule has 0 bridgehead atoms. The monoisotopic (exact) mass is 481 g/mol. The Hall–Kier alpha value is -3.50. The maximum Gasteiger partial charge on any atom is 0.227 e. The highest BCUT2D eigenvalue weighted by atomic mass is 32.1. The van der Waals surface area contributed by atoms with Crippen molar-refractivity contribution in [1.29, 1.82) is 0 Å². The smallest absolute Gasteiger partial charge is 0.227 e. The van der Waals surface area contributed by atoms with Gasteiger partial charge in [-0.3, -0.25) is 14.5 Å². The van der Waals surface area contributed by atoms with Crippen molar-refractivity contribution in [1.82, 2.24) is 19.7 Å². The average Bonchev–Trinajstić information content (AvgIpc) is 3.43. The fourth-order valence-electron chi connectivity index (χ4n) is 3.38. The molecule has 10 heteroatoms. The lowest BCUT2D eigenvalue weighted by Gasteiger charge is -2.08. The van der Waals surface area contributed by atoms with Crippen molar-refractivity contribution in [3.63, 3.8) is 0 Å². The van der Waals surface area contributed by atoms with Crippen LogP contribution in [0.5, 0.6) is 11.5 Å². The maximum atomic E-state index is 12.6. The summed E-state index contributed by atoms with van der Waals surface area (Å²) in [6.07, 6.45) is 0.234. The zero-order valence-electron chi connectivity index (χ0n) is 18.4. The van der Waals surface area contributed by atoms with Crippen LogP contribution in [0.15, 0.2) is 47.8 Å². The highest BCUT2D eigenvalue weighted by molar-refractivity contribution is 7.71. The lowest BCUT2D eigenvalue weighted by Crippen LogP contribution is -2.15. The number of benzene rings is 2. The number of amides is 1. The van der Waals surface area contributed by atoms with Crippen LogP contribution in [0.25, 0.3) is 22.6 Å². The lowest BCUT2D eigenvalue weighted by molar-refractivity contribution is -0.116. The maximum absolute atomic E-state index is 12.6. The molecule has 2 aromatic heterocycles. The summed E-state index contributed by atoms with van der Waals surface area (Å²) in [5.41, 5.74) is 3.69. The van der Waals surface area contributed by atoms with Gasteiger partial charge < -0.3 is 14.8 Å². The normalized spacial score (nSPS) is 10.8. The first-order valence-electron chi connectivity index (χ1n) is 10.2. The molecule has 0 aliphatic carbocycles. The Labute approximate surface area is 200 Å². The van der Waals surface area contributed by atoms with Crippen molar-refractivity contribution in [2.24, 2.45) is 0 Å². The second kappa shape index (κ2) is 9.97. The minimum absolute atomic E-state index is 0.151. The van der Waals surface area contributed by atoms with Gasteiger partial charge in [-0.2, -0.15) is 5.10 Å². The van der Waals surface area contributed by atoms with Crippen LogP contribution in [0.2, 0.25) is 0 Å². The van der Waals surface area contributed by atoms with E-state index in [1.54, 1.807) is 14.2 Å². The minimum atomic E-state index is -0.151. The zero-order chi connectivity index (χ0) is 23.4. The van der Waals surface area contributed by atoms with Crippen LogP contribution in [0.1, 0.15) is 12.0 Å². The van der Waals surface area contributed by atoms with Crippen molar-refractivity contribution >= 4 is 34.6 Å². The molecule has 0 spiro atoms. The molecule has 170 valence electrons. The van der Waals surface area contributed by atoms with Gasteiger partial charge in [0.2, 0.25) is 5.91 Å². The largest absolute Gasteiger partial charge is 0.493 e. The molecule has 0 atom stereocenters. The van der Waals surface area contributed by atoms with Crippen molar-refractivity contribution in [3.05, 3.63) is 58.2 Å². The number of aromatic amines is 1. The summed E-state index contributed by atoms with van der Waals surface area (Å²) in [5.74, 6) is 1.82. The highest BCUT2D eigenvalue weighted by Gasteiger charge is 2.13. The van der Waals surface area contributed by atoms with Gasteiger partial charge in [0.05, 0.1) is 19.9 Å². The van der Waals surface area contributed by atoms with Crippen molar-refractivity contribution in [2.45, 2.75) is 19.9 Å². The van der Waals surface area contributed by atoms with Crippen LogP contribution in [0, 0.1) is 11.7 Å². The molecular weight excluding hydrogens is 458 g/mol. The quantitative estimate of drug-likeness (QED) is 0.341. The van der Waals surface area contributed by atoms with Gasteiger partial charge in [0.15, 0.2) is 27.2 Å². The van der Waals surface area contributed by atoms with Gasteiger partial charge in [0.25, 0.3) is 0 Å². The van der Waals surface area contributed by atoms with Gasteiger partial charge in [-0.05, 0) is 43.4 Å². The number of anilines is 1. The predicted octanol–water partition coefficient (Wildman–Crippen LogP) is 5.09. The standard InChI is InChI=1S/C23H23N5O3S2/c1-14-5-4-6-16(11-14)21-26-27-23(32)28(21)10-9-20(29)25-22-24-17(13-33-22)15-7-8-18(30-2)19(12-15)31-3/h4-8,11-13H,9-10H2,1-3H3,(H,27,32)(H,24,25,29). The zero-order valence-corrected chi connectivity index (χ0v) is 20.0. The Morgan fingerprint density at radius 1 is 1.15 bits per heavy atom. The number of nitrogens with zero attached hydrogens (tertiary/aromatic N) is 3. The van der Waals surface area contributed by atoms with Crippen LogP contribution in [-0.2, 0) is 11.3 Å². The van der Waals surface area contributed by atoms with Crippen LogP contribution in [-0.4, -0.2) is 39.9 Å². The van der Waals surface area contributed by atoms with Crippen molar-refractivity contribution in [3.8, 4) is 34.1 Å². The van der Waals surface area contributed by atoms with Crippen molar-refractivity contribution < 1.29 is 14.3 Å². The minimum Gasteiger partial charge on any atom is -0.493 e. The SMILES string of the molecule is COc1ccc(-c2csc(NC(=O)CCn3c(-c4cccc(C)c4)n[nH]c3=S)n2)cc1OC. The summed E-state index contributed by atoms with van der Waals surface area (Å²) in [5, 5.41) is 12.4. The van der Waals surface area contributed by atoms with E-state index in [1.807, 2.05) is 59.3 Å². The lowest BCUT2D eigenvalue weighted by atomic mass is 10.1. The Morgan fingerprint density at radius 3 is 2.73 bits per heavy atom. The highest BCUT2D eigenvalue weighted by Crippen LogP contribution is 2.33. The van der Waals surface area contributed by atoms with Gasteiger partial charge in [-0.15, -0.1) is 11.3 Å². The second-order valence-electron chi connectivity index (χ2n) is 7.28.